The van der Waals surface area contributed by atoms with Crippen molar-refractivity contribution in [2.45, 2.75) is 32.2 Å². The molecule has 0 spiro atoms. The van der Waals surface area contributed by atoms with Crippen LogP contribution in [0, 0.1) is 0 Å². The van der Waals surface area contributed by atoms with E-state index >= 15 is 0 Å². The molecule has 1 aliphatic rings. The molecule has 0 bridgehead atoms. The zero-order valence-corrected chi connectivity index (χ0v) is 12.3. The predicted octanol–water partition coefficient (Wildman–Crippen LogP) is 1.91. The molecule has 2 rings (SSSR count). The van der Waals surface area contributed by atoms with Crippen LogP contribution in [0.3, 0.4) is 0 Å². The number of benzene rings is 1. The third-order valence-electron chi connectivity index (χ3n) is 3.04. The minimum atomic E-state index is -0.151. The Bertz CT molecular complexity index is 474. The molecule has 1 atom stereocenters. The van der Waals surface area contributed by atoms with Crippen molar-refractivity contribution in [2.75, 3.05) is 16.8 Å². The van der Waals surface area contributed by atoms with Crippen LogP contribution < -0.4 is 16.0 Å². The van der Waals surface area contributed by atoms with Crippen molar-refractivity contribution >= 4 is 35.6 Å². The molecule has 6 heteroatoms. The average Bonchev–Trinajstić information content (AvgIpc) is 2.75. The first kappa shape index (κ1) is 16.5. The van der Waals surface area contributed by atoms with Crippen molar-refractivity contribution in [2.24, 2.45) is 5.73 Å². The molecule has 3 N–H and O–H groups in total. The standard InChI is InChI=1S/C14H19N3O2.ClH/c1-10(15)9-13(18)16-11-4-6-12(7-5-11)17-8-2-3-14(17)19;/h4-7,10H,2-3,8-9,15H2,1H3,(H,16,18);1H. The van der Waals surface area contributed by atoms with Crippen LogP contribution in [0.15, 0.2) is 24.3 Å². The zero-order valence-electron chi connectivity index (χ0n) is 11.5. The maximum atomic E-state index is 11.6. The summed E-state index contributed by atoms with van der Waals surface area (Å²) < 4.78 is 0. The van der Waals surface area contributed by atoms with Gasteiger partial charge in [-0.2, -0.15) is 0 Å². The molecule has 0 saturated carbocycles. The molecule has 110 valence electrons. The second kappa shape index (κ2) is 7.26. The van der Waals surface area contributed by atoms with Gasteiger partial charge in [-0.15, -0.1) is 12.4 Å². The van der Waals surface area contributed by atoms with Crippen LogP contribution in [0.4, 0.5) is 11.4 Å². The van der Waals surface area contributed by atoms with Gasteiger partial charge in [0.25, 0.3) is 0 Å². The summed E-state index contributed by atoms with van der Waals surface area (Å²) in [4.78, 5) is 24.9. The topological polar surface area (TPSA) is 75.4 Å². The Morgan fingerprint density at radius 1 is 1.40 bits per heavy atom. The minimum Gasteiger partial charge on any atom is -0.327 e. The fraction of sp³-hybridized carbons (Fsp3) is 0.429. The highest BCUT2D eigenvalue weighted by atomic mass is 35.5. The molecule has 1 heterocycles. The van der Waals surface area contributed by atoms with Crippen LogP contribution in [0.5, 0.6) is 0 Å². The Morgan fingerprint density at radius 3 is 2.55 bits per heavy atom. The molecular formula is C14H20ClN3O2. The van der Waals surface area contributed by atoms with Crippen molar-refractivity contribution < 1.29 is 9.59 Å². The van der Waals surface area contributed by atoms with Crippen molar-refractivity contribution in [3.63, 3.8) is 0 Å². The van der Waals surface area contributed by atoms with Crippen LogP contribution in [0.2, 0.25) is 0 Å². The van der Waals surface area contributed by atoms with Crippen LogP contribution >= 0.6 is 12.4 Å². The van der Waals surface area contributed by atoms with E-state index in [-0.39, 0.29) is 30.3 Å². The van der Waals surface area contributed by atoms with Gasteiger partial charge < -0.3 is 16.0 Å². The number of carbonyl (C=O) groups is 2. The Morgan fingerprint density at radius 2 is 2.05 bits per heavy atom. The van der Waals surface area contributed by atoms with Gasteiger partial charge in [0.2, 0.25) is 11.8 Å². The number of halogens is 1. The second-order valence-electron chi connectivity index (χ2n) is 4.93. The lowest BCUT2D eigenvalue weighted by Gasteiger charge is -2.16. The molecule has 1 fully saturated rings. The molecule has 20 heavy (non-hydrogen) atoms. The number of carbonyl (C=O) groups excluding carboxylic acids is 2. The first-order chi connectivity index (χ1) is 9.06. The SMILES string of the molecule is CC(N)CC(=O)Nc1ccc(N2CCCC2=O)cc1.Cl. The van der Waals surface area contributed by atoms with Gasteiger partial charge in [0.05, 0.1) is 0 Å². The monoisotopic (exact) mass is 297 g/mol. The predicted molar refractivity (Wildman–Crippen MR) is 82.2 cm³/mol. The zero-order chi connectivity index (χ0) is 13.8. The van der Waals surface area contributed by atoms with E-state index in [1.165, 1.54) is 0 Å². The van der Waals surface area contributed by atoms with Crippen LogP contribution in [0.1, 0.15) is 26.2 Å². The fourth-order valence-electron chi connectivity index (χ4n) is 2.15. The molecule has 1 aromatic rings. The maximum absolute atomic E-state index is 11.6. The summed E-state index contributed by atoms with van der Waals surface area (Å²) in [7, 11) is 0. The van der Waals surface area contributed by atoms with Crippen molar-refractivity contribution in [1.29, 1.82) is 0 Å². The Labute approximate surface area is 124 Å². The Balaban J connectivity index is 0.00000200. The van der Waals surface area contributed by atoms with Crippen molar-refractivity contribution in [1.82, 2.24) is 0 Å². The minimum absolute atomic E-state index is 0. The average molecular weight is 298 g/mol. The second-order valence-corrected chi connectivity index (χ2v) is 4.93. The number of nitrogens with one attached hydrogen (secondary N) is 1. The molecule has 2 amide bonds. The van der Waals surface area contributed by atoms with Crippen molar-refractivity contribution in [3.05, 3.63) is 24.3 Å². The van der Waals surface area contributed by atoms with E-state index in [4.69, 9.17) is 5.73 Å². The van der Waals surface area contributed by atoms with Crippen LogP contribution in [-0.2, 0) is 9.59 Å². The summed E-state index contributed by atoms with van der Waals surface area (Å²) in [6.45, 7) is 2.57. The molecule has 1 unspecified atom stereocenters. The van der Waals surface area contributed by atoms with E-state index < -0.39 is 0 Å². The maximum Gasteiger partial charge on any atom is 0.227 e. The smallest absolute Gasteiger partial charge is 0.227 e. The fourth-order valence-corrected chi connectivity index (χ4v) is 2.15. The number of amides is 2. The number of hydrogen-bond donors (Lipinski definition) is 2. The summed E-state index contributed by atoms with van der Waals surface area (Å²) in [5, 5.41) is 2.78. The molecule has 5 nitrogen and oxygen atoms in total. The molecule has 0 aliphatic carbocycles. The van der Waals surface area contributed by atoms with Gasteiger partial charge in [-0.3, -0.25) is 9.59 Å². The first-order valence-electron chi connectivity index (χ1n) is 6.52. The molecule has 0 radical (unpaired) electrons. The van der Waals surface area contributed by atoms with E-state index in [0.29, 0.717) is 12.8 Å². The lowest BCUT2D eigenvalue weighted by atomic mass is 10.2. The summed E-state index contributed by atoms with van der Waals surface area (Å²) in [5.41, 5.74) is 7.17. The summed E-state index contributed by atoms with van der Waals surface area (Å²) in [6, 6.07) is 7.16. The van der Waals surface area contributed by atoms with Gasteiger partial charge in [0, 0.05) is 36.8 Å². The highest BCUT2D eigenvalue weighted by Gasteiger charge is 2.21. The summed E-state index contributed by atoms with van der Waals surface area (Å²) >= 11 is 0. The molecule has 1 aromatic carbocycles. The number of hydrogen-bond acceptors (Lipinski definition) is 3. The molecule has 0 aromatic heterocycles. The highest BCUT2D eigenvalue weighted by Crippen LogP contribution is 2.23. The number of rotatable bonds is 4. The van der Waals surface area contributed by atoms with Gasteiger partial charge in [-0.25, -0.2) is 0 Å². The number of nitrogens with zero attached hydrogens (tertiary/aromatic N) is 1. The molecular weight excluding hydrogens is 278 g/mol. The van der Waals surface area contributed by atoms with Crippen LogP contribution in [0.25, 0.3) is 0 Å². The third kappa shape index (κ3) is 4.21. The highest BCUT2D eigenvalue weighted by molar-refractivity contribution is 5.96. The quantitative estimate of drug-likeness (QED) is 0.891. The Hall–Kier alpha value is -1.59. The van der Waals surface area contributed by atoms with E-state index in [2.05, 4.69) is 5.32 Å². The van der Waals surface area contributed by atoms with Gasteiger partial charge >= 0.3 is 0 Å². The summed E-state index contributed by atoms with van der Waals surface area (Å²) in [6.07, 6.45) is 1.82. The lowest BCUT2D eigenvalue weighted by molar-refractivity contribution is -0.117. The van der Waals surface area contributed by atoms with Crippen LogP contribution in [-0.4, -0.2) is 24.4 Å². The number of nitrogens with two attached hydrogens (primary N) is 1. The van der Waals surface area contributed by atoms with E-state index in [1.54, 1.807) is 24.0 Å². The molecule has 1 aliphatic heterocycles. The largest absolute Gasteiger partial charge is 0.327 e. The first-order valence-corrected chi connectivity index (χ1v) is 6.52. The van der Waals surface area contributed by atoms with Gasteiger partial charge in [0.1, 0.15) is 0 Å². The van der Waals surface area contributed by atoms with E-state index in [1.807, 2.05) is 12.1 Å². The normalized spacial score (nSPS) is 15.7. The van der Waals surface area contributed by atoms with E-state index in [9.17, 15) is 9.59 Å². The van der Waals surface area contributed by atoms with E-state index in [0.717, 1.165) is 24.3 Å². The lowest BCUT2D eigenvalue weighted by Crippen LogP contribution is -2.24. The van der Waals surface area contributed by atoms with Gasteiger partial charge in [-0.05, 0) is 37.6 Å². The Kier molecular flexibility index (Phi) is 5.98. The molecule has 1 saturated heterocycles. The van der Waals surface area contributed by atoms with Crippen molar-refractivity contribution in [3.8, 4) is 0 Å². The van der Waals surface area contributed by atoms with Gasteiger partial charge in [0.15, 0.2) is 0 Å². The van der Waals surface area contributed by atoms with Gasteiger partial charge in [-0.1, -0.05) is 0 Å². The third-order valence-corrected chi connectivity index (χ3v) is 3.04. The summed E-state index contributed by atoms with van der Waals surface area (Å²) in [5.74, 6) is 0.0636. The number of anilines is 2.